The number of nitrogens with one attached hydrogen (secondary N) is 1. The first-order valence-corrected chi connectivity index (χ1v) is 5.48. The van der Waals surface area contributed by atoms with E-state index in [1.165, 1.54) is 6.07 Å². The molecule has 0 aliphatic carbocycles. The monoisotopic (exact) mass is 208 g/mol. The van der Waals surface area contributed by atoms with Crippen molar-refractivity contribution < 1.29 is 4.39 Å². The first kappa shape index (κ1) is 10.6. The van der Waals surface area contributed by atoms with Gasteiger partial charge in [0, 0.05) is 37.8 Å². The number of hydrogen-bond acceptors (Lipinski definition) is 2. The first-order valence-electron chi connectivity index (χ1n) is 5.48. The van der Waals surface area contributed by atoms with Crippen LogP contribution in [0.4, 0.5) is 4.39 Å². The molecule has 0 aromatic heterocycles. The van der Waals surface area contributed by atoms with Crippen molar-refractivity contribution in [2.45, 2.75) is 13.0 Å². The summed E-state index contributed by atoms with van der Waals surface area (Å²) in [5, 5.41) is 3.30. The number of rotatable bonds is 2. The van der Waals surface area contributed by atoms with Crippen LogP contribution in [-0.4, -0.2) is 31.1 Å². The van der Waals surface area contributed by atoms with Gasteiger partial charge in [-0.25, -0.2) is 4.39 Å². The molecule has 1 aromatic rings. The van der Waals surface area contributed by atoms with Gasteiger partial charge in [-0.15, -0.1) is 0 Å². The molecule has 0 amide bonds. The van der Waals surface area contributed by atoms with E-state index in [2.05, 4.69) is 17.1 Å². The lowest BCUT2D eigenvalue weighted by atomic mass is 10.1. The molecule has 3 heteroatoms. The van der Waals surface area contributed by atoms with Crippen LogP contribution in [0.5, 0.6) is 0 Å². The largest absolute Gasteiger partial charge is 0.314 e. The quantitative estimate of drug-likeness (QED) is 0.797. The van der Waals surface area contributed by atoms with Crippen LogP contribution in [0.15, 0.2) is 24.3 Å². The number of nitrogens with zero attached hydrogens (tertiary/aromatic N) is 1. The standard InChI is InChI=1S/C12H17FN2/c1-10(15-8-6-14-7-9-15)11-4-2-3-5-12(11)13/h2-5,10,14H,6-9H2,1H3/t10-/m0/s1. The Hall–Kier alpha value is -0.930. The van der Waals surface area contributed by atoms with Gasteiger partial charge < -0.3 is 5.32 Å². The number of hydrogen-bond donors (Lipinski definition) is 1. The van der Waals surface area contributed by atoms with Crippen molar-refractivity contribution in [2.24, 2.45) is 0 Å². The second-order valence-electron chi connectivity index (χ2n) is 3.98. The summed E-state index contributed by atoms with van der Waals surface area (Å²) in [6, 6.07) is 7.23. The molecule has 0 spiro atoms. The van der Waals surface area contributed by atoms with E-state index in [-0.39, 0.29) is 11.9 Å². The summed E-state index contributed by atoms with van der Waals surface area (Å²) in [5.74, 6) is -0.0940. The summed E-state index contributed by atoms with van der Waals surface area (Å²) in [6.07, 6.45) is 0. The summed E-state index contributed by atoms with van der Waals surface area (Å²) in [4.78, 5) is 2.31. The van der Waals surface area contributed by atoms with Gasteiger partial charge in [0.15, 0.2) is 0 Å². The smallest absolute Gasteiger partial charge is 0.127 e. The maximum absolute atomic E-state index is 13.6. The second kappa shape index (κ2) is 4.73. The highest BCUT2D eigenvalue weighted by molar-refractivity contribution is 5.20. The zero-order valence-corrected chi connectivity index (χ0v) is 9.04. The zero-order chi connectivity index (χ0) is 10.7. The maximum Gasteiger partial charge on any atom is 0.127 e. The van der Waals surface area contributed by atoms with E-state index in [0.29, 0.717) is 0 Å². The van der Waals surface area contributed by atoms with Crippen molar-refractivity contribution in [1.82, 2.24) is 10.2 Å². The highest BCUT2D eigenvalue weighted by Crippen LogP contribution is 2.22. The van der Waals surface area contributed by atoms with Gasteiger partial charge in [-0.3, -0.25) is 4.90 Å². The molecule has 0 bridgehead atoms. The van der Waals surface area contributed by atoms with E-state index in [4.69, 9.17) is 0 Å². The maximum atomic E-state index is 13.6. The minimum Gasteiger partial charge on any atom is -0.314 e. The van der Waals surface area contributed by atoms with Crippen LogP contribution in [-0.2, 0) is 0 Å². The third kappa shape index (κ3) is 2.36. The fraction of sp³-hybridized carbons (Fsp3) is 0.500. The predicted octanol–water partition coefficient (Wildman–Crippen LogP) is 1.79. The molecule has 1 saturated heterocycles. The molecule has 0 radical (unpaired) electrons. The SMILES string of the molecule is C[C@@H](c1ccccc1F)N1CCNCC1. The summed E-state index contributed by atoms with van der Waals surface area (Å²) in [7, 11) is 0. The van der Waals surface area contributed by atoms with Crippen LogP contribution >= 0.6 is 0 Å². The van der Waals surface area contributed by atoms with Crippen molar-refractivity contribution in [3.05, 3.63) is 35.6 Å². The van der Waals surface area contributed by atoms with Crippen LogP contribution in [0.2, 0.25) is 0 Å². The topological polar surface area (TPSA) is 15.3 Å². The lowest BCUT2D eigenvalue weighted by Gasteiger charge is -2.33. The van der Waals surface area contributed by atoms with E-state index >= 15 is 0 Å². The summed E-state index contributed by atoms with van der Waals surface area (Å²) in [6.45, 7) is 6.06. The average molecular weight is 208 g/mol. The van der Waals surface area contributed by atoms with Crippen LogP contribution in [0.1, 0.15) is 18.5 Å². The molecule has 1 aliphatic rings. The van der Waals surface area contributed by atoms with Crippen LogP contribution in [0.3, 0.4) is 0 Å². The molecule has 1 atom stereocenters. The molecule has 0 unspecified atom stereocenters. The molecular formula is C12H17FN2. The molecule has 1 aliphatic heterocycles. The van der Waals surface area contributed by atoms with Gasteiger partial charge in [-0.05, 0) is 13.0 Å². The normalized spacial score (nSPS) is 20.1. The minimum atomic E-state index is -0.0940. The van der Waals surface area contributed by atoms with Gasteiger partial charge >= 0.3 is 0 Å². The zero-order valence-electron chi connectivity index (χ0n) is 9.04. The molecule has 1 fully saturated rings. The molecule has 2 rings (SSSR count). The highest BCUT2D eigenvalue weighted by atomic mass is 19.1. The van der Waals surface area contributed by atoms with Gasteiger partial charge in [0.25, 0.3) is 0 Å². The van der Waals surface area contributed by atoms with Gasteiger partial charge in [0.1, 0.15) is 5.82 Å². The second-order valence-corrected chi connectivity index (χ2v) is 3.98. The predicted molar refractivity (Wildman–Crippen MR) is 59.3 cm³/mol. The van der Waals surface area contributed by atoms with Crippen molar-refractivity contribution in [2.75, 3.05) is 26.2 Å². The van der Waals surface area contributed by atoms with Crippen LogP contribution in [0, 0.1) is 5.82 Å². The van der Waals surface area contributed by atoms with E-state index in [1.54, 1.807) is 6.07 Å². The fourth-order valence-electron chi connectivity index (χ4n) is 2.08. The Morgan fingerprint density at radius 2 is 1.93 bits per heavy atom. The molecule has 1 N–H and O–H groups in total. The molecule has 15 heavy (non-hydrogen) atoms. The van der Waals surface area contributed by atoms with Gasteiger partial charge in [0.2, 0.25) is 0 Å². The molecule has 82 valence electrons. The number of benzene rings is 1. The fourth-order valence-corrected chi connectivity index (χ4v) is 2.08. The minimum absolute atomic E-state index is 0.0940. The summed E-state index contributed by atoms with van der Waals surface area (Å²) in [5.41, 5.74) is 0.805. The highest BCUT2D eigenvalue weighted by Gasteiger charge is 2.19. The Balaban J connectivity index is 2.12. The van der Waals surface area contributed by atoms with Gasteiger partial charge in [-0.2, -0.15) is 0 Å². The van der Waals surface area contributed by atoms with Gasteiger partial charge in [-0.1, -0.05) is 18.2 Å². The van der Waals surface area contributed by atoms with E-state index in [9.17, 15) is 4.39 Å². The summed E-state index contributed by atoms with van der Waals surface area (Å²) < 4.78 is 13.6. The van der Waals surface area contributed by atoms with E-state index < -0.39 is 0 Å². The van der Waals surface area contributed by atoms with Crippen molar-refractivity contribution in [3.8, 4) is 0 Å². The molecule has 1 heterocycles. The lowest BCUT2D eigenvalue weighted by molar-refractivity contribution is 0.182. The van der Waals surface area contributed by atoms with Gasteiger partial charge in [0.05, 0.1) is 0 Å². The molecular weight excluding hydrogens is 191 g/mol. The Labute approximate surface area is 90.1 Å². The molecule has 0 saturated carbocycles. The third-order valence-corrected chi connectivity index (χ3v) is 3.05. The Bertz CT molecular complexity index is 321. The number of piperazine rings is 1. The van der Waals surface area contributed by atoms with Crippen molar-refractivity contribution in [3.63, 3.8) is 0 Å². The van der Waals surface area contributed by atoms with Crippen molar-refractivity contribution in [1.29, 1.82) is 0 Å². The Morgan fingerprint density at radius 1 is 1.27 bits per heavy atom. The lowest BCUT2D eigenvalue weighted by Crippen LogP contribution is -2.44. The van der Waals surface area contributed by atoms with Crippen LogP contribution < -0.4 is 5.32 Å². The van der Waals surface area contributed by atoms with Crippen molar-refractivity contribution >= 4 is 0 Å². The van der Waals surface area contributed by atoms with Crippen LogP contribution in [0.25, 0.3) is 0 Å². The Kier molecular flexibility index (Phi) is 3.34. The molecule has 1 aromatic carbocycles. The number of halogens is 1. The van der Waals surface area contributed by atoms with E-state index in [0.717, 1.165) is 31.7 Å². The first-order chi connectivity index (χ1) is 7.29. The van der Waals surface area contributed by atoms with E-state index in [1.807, 2.05) is 12.1 Å². The summed E-state index contributed by atoms with van der Waals surface area (Å²) >= 11 is 0. The third-order valence-electron chi connectivity index (χ3n) is 3.05. The Morgan fingerprint density at radius 3 is 2.60 bits per heavy atom. The molecule has 2 nitrogen and oxygen atoms in total. The average Bonchev–Trinajstić information content (AvgIpc) is 2.30.